The normalized spacial score (nSPS) is 15.0. The van der Waals surface area contributed by atoms with E-state index in [4.69, 9.17) is 4.74 Å². The number of ether oxygens (including phenoxy) is 3. The third-order valence-electron chi connectivity index (χ3n) is 3.37. The molecule has 1 aliphatic rings. The molecule has 3 amide bonds. The molecule has 1 N–H and O–H groups in total. The predicted octanol–water partition coefficient (Wildman–Crippen LogP) is 1.83. The molecule has 0 saturated carbocycles. The van der Waals surface area contributed by atoms with E-state index < -0.39 is 30.4 Å². The summed E-state index contributed by atoms with van der Waals surface area (Å²) in [5.74, 6) is -1.53. The van der Waals surface area contributed by atoms with E-state index in [1.807, 2.05) is 0 Å². The number of esters is 2. The predicted molar refractivity (Wildman–Crippen MR) is 99.6 cm³/mol. The Morgan fingerprint density at radius 1 is 1.11 bits per heavy atom. The number of nitrogens with zero attached hydrogens (tertiary/aromatic N) is 1. The van der Waals surface area contributed by atoms with Crippen LogP contribution in [-0.2, 0) is 23.9 Å². The van der Waals surface area contributed by atoms with Crippen molar-refractivity contribution in [2.75, 3.05) is 27.4 Å². The van der Waals surface area contributed by atoms with Crippen molar-refractivity contribution >= 4 is 61.8 Å². The number of hydrogen-bond acceptors (Lipinski definition) is 7. The van der Waals surface area contributed by atoms with Crippen LogP contribution in [0.4, 0.5) is 4.79 Å². The van der Waals surface area contributed by atoms with Gasteiger partial charge in [-0.1, -0.05) is 0 Å². The number of methoxy groups -OCH3 is 2. The third kappa shape index (κ3) is 5.07. The minimum Gasteiger partial charge on any atom is -0.480 e. The first-order chi connectivity index (χ1) is 12.8. The second-order valence-electron chi connectivity index (χ2n) is 5.13. The van der Waals surface area contributed by atoms with E-state index in [1.54, 1.807) is 12.1 Å². The molecule has 1 heterocycles. The van der Waals surface area contributed by atoms with Crippen molar-refractivity contribution in [3.05, 3.63) is 32.3 Å². The number of rotatable bonds is 6. The number of benzene rings is 1. The fourth-order valence-electron chi connectivity index (χ4n) is 2.07. The highest BCUT2D eigenvalue weighted by atomic mass is 79.9. The first kappa shape index (κ1) is 20.9. The molecule has 0 unspecified atom stereocenters. The van der Waals surface area contributed by atoms with Crippen LogP contribution in [0.15, 0.2) is 26.8 Å². The van der Waals surface area contributed by atoms with Crippen LogP contribution in [0.5, 0.6) is 5.75 Å². The number of carbonyl (C=O) groups excluding carboxylic acids is 4. The zero-order valence-corrected chi connectivity index (χ0v) is 17.4. The van der Waals surface area contributed by atoms with E-state index in [0.717, 1.165) is 12.0 Å². The van der Waals surface area contributed by atoms with Crippen molar-refractivity contribution in [1.29, 1.82) is 0 Å². The molecule has 0 spiro atoms. The van der Waals surface area contributed by atoms with E-state index >= 15 is 0 Å². The SMILES string of the molecule is COC(=O)COc1c(Br)cc(/C=C2/NC(=O)N(CC(=O)OC)C2=O)cc1Br. The summed E-state index contributed by atoms with van der Waals surface area (Å²) in [6, 6.07) is 2.55. The molecule has 0 radical (unpaired) electrons. The molecule has 0 bridgehead atoms. The quantitative estimate of drug-likeness (QED) is 0.356. The van der Waals surface area contributed by atoms with Crippen LogP contribution in [0.2, 0.25) is 0 Å². The Morgan fingerprint density at radius 3 is 2.26 bits per heavy atom. The third-order valence-corrected chi connectivity index (χ3v) is 4.55. The Labute approximate surface area is 170 Å². The number of carbonyl (C=O) groups is 4. The lowest BCUT2D eigenvalue weighted by Gasteiger charge is -2.10. The van der Waals surface area contributed by atoms with Crippen molar-refractivity contribution in [3.63, 3.8) is 0 Å². The van der Waals surface area contributed by atoms with Crippen LogP contribution in [0.1, 0.15) is 5.56 Å². The fourth-order valence-corrected chi connectivity index (χ4v) is 3.52. The number of amides is 3. The topological polar surface area (TPSA) is 111 Å². The van der Waals surface area contributed by atoms with E-state index in [2.05, 4.69) is 46.7 Å². The van der Waals surface area contributed by atoms with Crippen molar-refractivity contribution in [1.82, 2.24) is 10.2 Å². The number of halogens is 2. The highest BCUT2D eigenvalue weighted by molar-refractivity contribution is 9.11. The number of imide groups is 1. The Bertz CT molecular complexity index is 815. The molecule has 11 heteroatoms. The minimum atomic E-state index is -0.715. The molecule has 9 nitrogen and oxygen atoms in total. The summed E-state index contributed by atoms with van der Waals surface area (Å²) in [5, 5.41) is 2.40. The lowest BCUT2D eigenvalue weighted by molar-refractivity contribution is -0.143. The summed E-state index contributed by atoms with van der Waals surface area (Å²) in [4.78, 5) is 47.4. The molecule has 27 heavy (non-hydrogen) atoms. The maximum Gasteiger partial charge on any atom is 0.343 e. The molecule has 144 valence electrons. The zero-order valence-electron chi connectivity index (χ0n) is 14.2. The van der Waals surface area contributed by atoms with Gasteiger partial charge in [-0.25, -0.2) is 14.5 Å². The number of hydrogen-bond donors (Lipinski definition) is 1. The second-order valence-corrected chi connectivity index (χ2v) is 6.84. The van der Waals surface area contributed by atoms with Gasteiger partial charge in [0.1, 0.15) is 18.0 Å². The highest BCUT2D eigenvalue weighted by Gasteiger charge is 2.35. The van der Waals surface area contributed by atoms with Crippen LogP contribution in [0, 0.1) is 0 Å². The van der Waals surface area contributed by atoms with E-state index in [-0.39, 0.29) is 12.3 Å². The van der Waals surface area contributed by atoms with Crippen molar-refractivity contribution in [3.8, 4) is 5.75 Å². The van der Waals surface area contributed by atoms with Gasteiger partial charge < -0.3 is 19.5 Å². The maximum absolute atomic E-state index is 12.3. The monoisotopic (exact) mass is 504 g/mol. The van der Waals surface area contributed by atoms with Gasteiger partial charge in [0.2, 0.25) is 0 Å². The van der Waals surface area contributed by atoms with Gasteiger partial charge >= 0.3 is 18.0 Å². The van der Waals surface area contributed by atoms with Gasteiger partial charge in [-0.3, -0.25) is 9.59 Å². The molecular formula is C16H14Br2N2O7. The Hall–Kier alpha value is -2.40. The lowest BCUT2D eigenvalue weighted by Crippen LogP contribution is -2.36. The largest absolute Gasteiger partial charge is 0.480 e. The van der Waals surface area contributed by atoms with Crippen molar-refractivity contribution in [2.24, 2.45) is 0 Å². The summed E-state index contributed by atoms with van der Waals surface area (Å²) in [6.45, 7) is -0.753. The average Bonchev–Trinajstić information content (AvgIpc) is 2.87. The fraction of sp³-hybridized carbons (Fsp3) is 0.250. The van der Waals surface area contributed by atoms with Gasteiger partial charge in [-0.05, 0) is 55.6 Å². The van der Waals surface area contributed by atoms with Crippen LogP contribution >= 0.6 is 31.9 Å². The van der Waals surface area contributed by atoms with E-state index in [0.29, 0.717) is 20.3 Å². The van der Waals surface area contributed by atoms with Gasteiger partial charge in [0, 0.05) is 0 Å². The summed E-state index contributed by atoms with van der Waals surface area (Å²) >= 11 is 6.64. The smallest absolute Gasteiger partial charge is 0.343 e. The molecule has 1 aliphatic heterocycles. The standard InChI is InChI=1S/C16H14Br2N2O7/c1-25-12(21)6-20-15(23)11(19-16(20)24)5-8-3-9(17)14(10(18)4-8)27-7-13(22)26-2/h3-5H,6-7H2,1-2H3,(H,19,24)/b11-5+. The molecular weight excluding hydrogens is 492 g/mol. The highest BCUT2D eigenvalue weighted by Crippen LogP contribution is 2.35. The average molecular weight is 506 g/mol. The summed E-state index contributed by atoms with van der Waals surface area (Å²) in [7, 11) is 2.41. The number of urea groups is 1. The Kier molecular flexibility index (Phi) is 6.97. The zero-order chi connectivity index (χ0) is 20.1. The van der Waals surface area contributed by atoms with Gasteiger partial charge in [-0.2, -0.15) is 0 Å². The van der Waals surface area contributed by atoms with Crippen molar-refractivity contribution in [2.45, 2.75) is 0 Å². The Balaban J connectivity index is 2.21. The van der Waals surface area contributed by atoms with Gasteiger partial charge in [0.25, 0.3) is 5.91 Å². The Morgan fingerprint density at radius 2 is 1.70 bits per heavy atom. The van der Waals surface area contributed by atoms with Gasteiger partial charge in [0.15, 0.2) is 6.61 Å². The van der Waals surface area contributed by atoms with Crippen molar-refractivity contribution < 1.29 is 33.4 Å². The van der Waals surface area contributed by atoms with Crippen LogP contribution in [-0.4, -0.2) is 56.1 Å². The second kappa shape index (κ2) is 9.00. The number of nitrogens with one attached hydrogen (secondary N) is 1. The lowest BCUT2D eigenvalue weighted by atomic mass is 10.2. The molecule has 1 saturated heterocycles. The molecule has 0 aliphatic carbocycles. The molecule has 1 aromatic rings. The first-order valence-electron chi connectivity index (χ1n) is 7.36. The summed E-state index contributed by atoms with van der Waals surface area (Å²) < 4.78 is 15.4. The van der Waals surface area contributed by atoms with Gasteiger partial charge in [0.05, 0.1) is 23.2 Å². The molecule has 0 aromatic heterocycles. The summed E-state index contributed by atoms with van der Waals surface area (Å²) in [6.07, 6.45) is 1.44. The van der Waals surface area contributed by atoms with Crippen LogP contribution in [0.25, 0.3) is 6.08 Å². The first-order valence-corrected chi connectivity index (χ1v) is 8.95. The minimum absolute atomic E-state index is 0.00549. The van der Waals surface area contributed by atoms with E-state index in [9.17, 15) is 19.2 Å². The summed E-state index contributed by atoms with van der Waals surface area (Å²) in [5.41, 5.74) is 0.564. The molecule has 0 atom stereocenters. The van der Waals surface area contributed by atoms with Crippen LogP contribution < -0.4 is 10.1 Å². The van der Waals surface area contributed by atoms with E-state index in [1.165, 1.54) is 13.2 Å². The van der Waals surface area contributed by atoms with Crippen LogP contribution in [0.3, 0.4) is 0 Å². The molecule has 1 fully saturated rings. The van der Waals surface area contributed by atoms with Gasteiger partial charge in [-0.15, -0.1) is 0 Å². The maximum atomic E-state index is 12.3. The molecule has 2 rings (SSSR count). The molecule has 1 aromatic carbocycles.